The number of nitrogens with one attached hydrogen (secondary N) is 1. The number of hydrogen-bond donors (Lipinski definition) is 1. The molecule has 1 N–H and O–H groups in total. The lowest BCUT2D eigenvalue weighted by Gasteiger charge is -2.38. The van der Waals surface area contributed by atoms with Gasteiger partial charge in [0.1, 0.15) is 12.1 Å². The summed E-state index contributed by atoms with van der Waals surface area (Å²) in [6, 6.07) is -0.360. The number of aryl methyl sites for hydroxylation is 1. The van der Waals surface area contributed by atoms with Crippen molar-refractivity contribution in [3.8, 4) is 0 Å². The summed E-state index contributed by atoms with van der Waals surface area (Å²) in [6.45, 7) is 13.0. The first kappa shape index (κ1) is 25.5. The number of rotatable bonds is 6. The van der Waals surface area contributed by atoms with Crippen molar-refractivity contribution >= 4 is 6.09 Å². The van der Waals surface area contributed by atoms with Crippen LogP contribution in [0.2, 0.25) is 0 Å². The lowest BCUT2D eigenvalue weighted by Crippen LogP contribution is -2.52. The van der Waals surface area contributed by atoms with Gasteiger partial charge in [0.2, 0.25) is 0 Å². The van der Waals surface area contributed by atoms with Crippen molar-refractivity contribution in [2.75, 3.05) is 19.8 Å². The van der Waals surface area contributed by atoms with E-state index in [1.165, 1.54) is 0 Å². The summed E-state index contributed by atoms with van der Waals surface area (Å²) in [7, 11) is 0. The van der Waals surface area contributed by atoms with Crippen molar-refractivity contribution in [3.63, 3.8) is 0 Å². The van der Waals surface area contributed by atoms with Crippen molar-refractivity contribution in [2.24, 2.45) is 0 Å². The SMILES string of the molecule is Cc1nn(CC(F)(F)F)c(C)c1[C@H](C)N[C@H](C)C[C@H]1COCCN1C(=O)OC(C)(C)C. The summed E-state index contributed by atoms with van der Waals surface area (Å²) in [5, 5.41) is 7.52. The molecule has 0 unspecified atom stereocenters. The van der Waals surface area contributed by atoms with Gasteiger partial charge in [0.05, 0.1) is 24.9 Å². The van der Waals surface area contributed by atoms with Crippen molar-refractivity contribution in [1.82, 2.24) is 20.0 Å². The molecule has 178 valence electrons. The Hall–Kier alpha value is -1.81. The summed E-state index contributed by atoms with van der Waals surface area (Å²) in [5.41, 5.74) is 1.26. The third-order valence-corrected chi connectivity index (χ3v) is 5.22. The van der Waals surface area contributed by atoms with Gasteiger partial charge in [-0.3, -0.25) is 4.68 Å². The minimum atomic E-state index is -4.32. The molecule has 31 heavy (non-hydrogen) atoms. The molecule has 1 aliphatic rings. The molecule has 2 heterocycles. The highest BCUT2D eigenvalue weighted by molar-refractivity contribution is 5.68. The molecule has 1 saturated heterocycles. The molecule has 0 radical (unpaired) electrons. The number of aromatic nitrogens is 2. The van der Waals surface area contributed by atoms with E-state index in [0.717, 1.165) is 10.2 Å². The van der Waals surface area contributed by atoms with Gasteiger partial charge in [0.25, 0.3) is 0 Å². The molecule has 0 bridgehead atoms. The second-order valence-electron chi connectivity index (χ2n) is 9.28. The highest BCUT2D eigenvalue weighted by Gasteiger charge is 2.33. The third kappa shape index (κ3) is 7.38. The van der Waals surface area contributed by atoms with E-state index < -0.39 is 18.3 Å². The zero-order chi connectivity index (χ0) is 23.6. The van der Waals surface area contributed by atoms with E-state index in [0.29, 0.717) is 37.6 Å². The fourth-order valence-electron chi connectivity index (χ4n) is 4.06. The zero-order valence-electron chi connectivity index (χ0n) is 19.5. The van der Waals surface area contributed by atoms with Crippen molar-refractivity contribution in [3.05, 3.63) is 17.0 Å². The number of carbonyl (C=O) groups excluding carboxylic acids is 1. The van der Waals surface area contributed by atoms with E-state index in [4.69, 9.17) is 9.47 Å². The number of carbonyl (C=O) groups is 1. The van der Waals surface area contributed by atoms with E-state index in [1.54, 1.807) is 18.7 Å². The predicted molar refractivity (Wildman–Crippen MR) is 111 cm³/mol. The molecule has 10 heteroatoms. The number of nitrogens with zero attached hydrogens (tertiary/aromatic N) is 3. The van der Waals surface area contributed by atoms with Crippen LogP contribution in [0.25, 0.3) is 0 Å². The Morgan fingerprint density at radius 3 is 2.52 bits per heavy atom. The van der Waals surface area contributed by atoms with Crippen LogP contribution >= 0.6 is 0 Å². The van der Waals surface area contributed by atoms with Gasteiger partial charge in [0, 0.05) is 29.9 Å². The van der Waals surface area contributed by atoms with Crippen LogP contribution in [0.5, 0.6) is 0 Å². The molecule has 0 spiro atoms. The quantitative estimate of drug-likeness (QED) is 0.709. The van der Waals surface area contributed by atoms with Gasteiger partial charge in [-0.25, -0.2) is 4.79 Å². The Balaban J connectivity index is 2.04. The number of hydrogen-bond acceptors (Lipinski definition) is 5. The van der Waals surface area contributed by atoms with Crippen LogP contribution < -0.4 is 5.32 Å². The Morgan fingerprint density at radius 2 is 1.94 bits per heavy atom. The van der Waals surface area contributed by atoms with E-state index >= 15 is 0 Å². The number of ether oxygens (including phenoxy) is 2. The topological polar surface area (TPSA) is 68.6 Å². The Labute approximate surface area is 182 Å². The van der Waals surface area contributed by atoms with E-state index in [2.05, 4.69) is 10.4 Å². The summed E-state index contributed by atoms with van der Waals surface area (Å²) < 4.78 is 50.5. The molecule has 0 aromatic carbocycles. The number of halogens is 3. The van der Waals surface area contributed by atoms with Gasteiger partial charge >= 0.3 is 12.3 Å². The maximum atomic E-state index is 12.8. The highest BCUT2D eigenvalue weighted by atomic mass is 19.4. The molecular formula is C21H35F3N4O3. The molecule has 7 nitrogen and oxygen atoms in total. The molecule has 3 atom stereocenters. The highest BCUT2D eigenvalue weighted by Crippen LogP contribution is 2.26. The smallest absolute Gasteiger partial charge is 0.410 e. The van der Waals surface area contributed by atoms with Crippen molar-refractivity contribution < 1.29 is 27.4 Å². The lowest BCUT2D eigenvalue weighted by molar-refractivity contribution is -0.143. The maximum Gasteiger partial charge on any atom is 0.410 e. The summed E-state index contributed by atoms with van der Waals surface area (Å²) in [4.78, 5) is 14.3. The first-order valence-electron chi connectivity index (χ1n) is 10.6. The first-order chi connectivity index (χ1) is 14.2. The van der Waals surface area contributed by atoms with Crippen LogP contribution in [-0.4, -0.2) is 64.4 Å². The van der Waals surface area contributed by atoms with Crippen LogP contribution in [0.15, 0.2) is 0 Å². The maximum absolute atomic E-state index is 12.8. The van der Waals surface area contributed by atoms with Gasteiger partial charge in [0.15, 0.2) is 0 Å². The fourth-order valence-corrected chi connectivity index (χ4v) is 4.06. The number of alkyl halides is 3. The van der Waals surface area contributed by atoms with Crippen LogP contribution in [0.3, 0.4) is 0 Å². The van der Waals surface area contributed by atoms with Crippen LogP contribution in [-0.2, 0) is 16.0 Å². The average Bonchev–Trinajstić information content (AvgIpc) is 2.85. The minimum Gasteiger partial charge on any atom is -0.444 e. The molecule has 1 aromatic heterocycles. The van der Waals surface area contributed by atoms with Gasteiger partial charge in [-0.15, -0.1) is 0 Å². The monoisotopic (exact) mass is 448 g/mol. The molecule has 1 aromatic rings. The van der Waals surface area contributed by atoms with Gasteiger partial charge in [-0.2, -0.15) is 18.3 Å². The summed E-state index contributed by atoms with van der Waals surface area (Å²) in [5.74, 6) is 0. The Kier molecular flexibility index (Phi) is 8.02. The summed E-state index contributed by atoms with van der Waals surface area (Å²) >= 11 is 0. The minimum absolute atomic E-state index is 0.0172. The Bertz CT molecular complexity index is 758. The second kappa shape index (κ2) is 9.77. The first-order valence-corrected chi connectivity index (χ1v) is 10.6. The van der Waals surface area contributed by atoms with Crippen LogP contribution in [0, 0.1) is 13.8 Å². The zero-order valence-corrected chi connectivity index (χ0v) is 19.5. The number of morpholine rings is 1. The second-order valence-corrected chi connectivity index (χ2v) is 9.28. The van der Waals surface area contributed by atoms with Gasteiger partial charge in [-0.1, -0.05) is 0 Å². The van der Waals surface area contributed by atoms with Crippen molar-refractivity contribution in [1.29, 1.82) is 0 Å². The largest absolute Gasteiger partial charge is 0.444 e. The number of amides is 1. The predicted octanol–water partition coefficient (Wildman–Crippen LogP) is 4.13. The molecule has 0 saturated carbocycles. The van der Waals surface area contributed by atoms with Gasteiger partial charge < -0.3 is 19.7 Å². The van der Waals surface area contributed by atoms with Crippen molar-refractivity contribution in [2.45, 2.75) is 91.3 Å². The van der Waals surface area contributed by atoms with E-state index in [9.17, 15) is 18.0 Å². The fraction of sp³-hybridized carbons (Fsp3) is 0.810. The molecule has 1 amide bonds. The Morgan fingerprint density at radius 1 is 1.29 bits per heavy atom. The third-order valence-electron chi connectivity index (χ3n) is 5.22. The molecule has 1 aliphatic heterocycles. The van der Waals surface area contributed by atoms with Crippen LogP contribution in [0.4, 0.5) is 18.0 Å². The van der Waals surface area contributed by atoms with E-state index in [-0.39, 0.29) is 24.2 Å². The van der Waals surface area contributed by atoms with Crippen LogP contribution in [0.1, 0.15) is 64.0 Å². The summed E-state index contributed by atoms with van der Waals surface area (Å²) in [6.07, 6.45) is -4.06. The lowest BCUT2D eigenvalue weighted by atomic mass is 10.0. The standard InChI is InChI=1S/C21H35F3N4O3/c1-13(10-17-11-30-9-8-27(17)19(29)31-20(5,6)7)25-14(2)18-15(3)26-28(16(18)4)12-21(22,23)24/h13-14,17,25H,8-12H2,1-7H3/t13-,14+,17+/m1/s1. The van der Waals surface area contributed by atoms with Gasteiger partial charge in [-0.05, 0) is 54.9 Å². The average molecular weight is 449 g/mol. The molecular weight excluding hydrogens is 413 g/mol. The molecule has 0 aliphatic carbocycles. The van der Waals surface area contributed by atoms with E-state index in [1.807, 2.05) is 34.6 Å². The molecule has 2 rings (SSSR count). The molecule has 1 fully saturated rings. The normalized spacial score (nSPS) is 19.9.